The van der Waals surface area contributed by atoms with E-state index in [2.05, 4.69) is 27.5 Å². The first-order chi connectivity index (χ1) is 8.38. The number of halogens is 4. The second kappa shape index (κ2) is 4.76. The Labute approximate surface area is 110 Å². The Morgan fingerprint density at radius 2 is 1.94 bits per heavy atom. The van der Waals surface area contributed by atoms with Gasteiger partial charge in [0.1, 0.15) is 0 Å². The van der Waals surface area contributed by atoms with Crippen LogP contribution in [0.5, 0.6) is 0 Å². The topological polar surface area (TPSA) is 21.6 Å². The molecule has 1 unspecified atom stereocenters. The van der Waals surface area contributed by atoms with E-state index in [0.717, 1.165) is 12.1 Å². The van der Waals surface area contributed by atoms with E-state index in [-0.39, 0.29) is 6.10 Å². The van der Waals surface area contributed by atoms with Crippen molar-refractivity contribution in [2.24, 2.45) is 4.99 Å². The Bertz CT molecular complexity index is 493. The Morgan fingerprint density at radius 1 is 1.33 bits per heavy atom. The lowest BCUT2D eigenvalue weighted by Gasteiger charge is -2.10. The number of nitrogens with zero attached hydrogens (tertiary/aromatic N) is 1. The van der Waals surface area contributed by atoms with Crippen LogP contribution in [0.25, 0.3) is 0 Å². The molecule has 0 saturated carbocycles. The highest BCUT2D eigenvalue weighted by Crippen LogP contribution is 2.29. The molecule has 1 heterocycles. The third-order valence-corrected chi connectivity index (χ3v) is 2.97. The lowest BCUT2D eigenvalue weighted by molar-refractivity contribution is -0.137. The van der Waals surface area contributed by atoms with Crippen LogP contribution in [-0.2, 0) is 10.9 Å². The summed E-state index contributed by atoms with van der Waals surface area (Å²) in [5, 5.41) is 0. The maximum Gasteiger partial charge on any atom is 0.416 e. The molecule has 1 aromatic rings. The second-order valence-corrected chi connectivity index (χ2v) is 4.79. The standard InChI is InChI=1S/C12H9BrF3NO/c1-7(13)10-6-17-11(18-10)8-2-4-9(5-3-8)12(14,15)16/h2-5,10H,1,6H2. The van der Waals surface area contributed by atoms with E-state index in [1.54, 1.807) is 0 Å². The molecule has 2 rings (SSSR count). The minimum absolute atomic E-state index is 0.262. The summed E-state index contributed by atoms with van der Waals surface area (Å²) in [6.45, 7) is 4.10. The Morgan fingerprint density at radius 3 is 2.39 bits per heavy atom. The van der Waals surface area contributed by atoms with Crippen LogP contribution in [0.2, 0.25) is 0 Å². The van der Waals surface area contributed by atoms with Gasteiger partial charge >= 0.3 is 6.18 Å². The Hall–Kier alpha value is -1.30. The number of aliphatic imine (C=N–C) groups is 1. The molecule has 1 aliphatic rings. The van der Waals surface area contributed by atoms with Crippen LogP contribution in [0, 0.1) is 0 Å². The van der Waals surface area contributed by atoms with Crippen LogP contribution in [0.1, 0.15) is 11.1 Å². The number of hydrogen-bond acceptors (Lipinski definition) is 2. The van der Waals surface area contributed by atoms with E-state index in [0.29, 0.717) is 22.5 Å². The van der Waals surface area contributed by atoms with Gasteiger partial charge in [-0.15, -0.1) is 0 Å². The van der Waals surface area contributed by atoms with Crippen molar-refractivity contribution in [3.8, 4) is 0 Å². The minimum atomic E-state index is -4.33. The van der Waals surface area contributed by atoms with Gasteiger partial charge in [-0.2, -0.15) is 13.2 Å². The van der Waals surface area contributed by atoms with Crippen molar-refractivity contribution in [1.82, 2.24) is 0 Å². The summed E-state index contributed by atoms with van der Waals surface area (Å²) in [5.41, 5.74) is -0.162. The summed E-state index contributed by atoms with van der Waals surface area (Å²) in [6, 6.07) is 4.72. The highest BCUT2D eigenvalue weighted by Gasteiger charge is 2.30. The largest absolute Gasteiger partial charge is 0.467 e. The van der Waals surface area contributed by atoms with Gasteiger partial charge in [-0.3, -0.25) is 0 Å². The summed E-state index contributed by atoms with van der Waals surface area (Å²) in [7, 11) is 0. The monoisotopic (exact) mass is 319 g/mol. The molecule has 0 aromatic heterocycles. The van der Waals surface area contributed by atoms with Crippen molar-refractivity contribution in [2.75, 3.05) is 6.54 Å². The van der Waals surface area contributed by atoms with E-state index >= 15 is 0 Å². The molecular formula is C12H9BrF3NO. The fourth-order valence-corrected chi connectivity index (χ4v) is 1.74. The van der Waals surface area contributed by atoms with Crippen molar-refractivity contribution in [3.05, 3.63) is 46.5 Å². The van der Waals surface area contributed by atoms with Crippen molar-refractivity contribution in [2.45, 2.75) is 12.3 Å². The first-order valence-corrected chi connectivity index (χ1v) is 5.90. The molecule has 0 radical (unpaired) electrons. The first-order valence-electron chi connectivity index (χ1n) is 5.11. The summed E-state index contributed by atoms with van der Waals surface area (Å²) in [6.07, 6.45) is -4.59. The van der Waals surface area contributed by atoms with Crippen LogP contribution >= 0.6 is 15.9 Å². The van der Waals surface area contributed by atoms with Gasteiger partial charge in [0.05, 0.1) is 12.1 Å². The third kappa shape index (κ3) is 2.75. The van der Waals surface area contributed by atoms with Gasteiger partial charge in [0.25, 0.3) is 0 Å². The molecule has 6 heteroatoms. The van der Waals surface area contributed by atoms with Crippen LogP contribution < -0.4 is 0 Å². The fourth-order valence-electron chi connectivity index (χ4n) is 1.50. The molecule has 0 bridgehead atoms. The maximum atomic E-state index is 12.4. The molecule has 0 amide bonds. The first kappa shape index (κ1) is 13.1. The number of rotatable bonds is 2. The quantitative estimate of drug-likeness (QED) is 0.813. The smallest absolute Gasteiger partial charge is 0.416 e. The molecule has 96 valence electrons. The molecular weight excluding hydrogens is 311 g/mol. The highest BCUT2D eigenvalue weighted by molar-refractivity contribution is 9.11. The van der Waals surface area contributed by atoms with Crippen LogP contribution in [0.3, 0.4) is 0 Å². The average molecular weight is 320 g/mol. The van der Waals surface area contributed by atoms with Crippen molar-refractivity contribution >= 4 is 21.8 Å². The zero-order chi connectivity index (χ0) is 13.3. The van der Waals surface area contributed by atoms with E-state index in [1.807, 2.05) is 0 Å². The zero-order valence-electron chi connectivity index (χ0n) is 9.17. The number of ether oxygens (including phenoxy) is 1. The average Bonchev–Trinajstić information content (AvgIpc) is 2.77. The molecule has 0 N–H and O–H groups in total. The molecule has 0 saturated heterocycles. The molecule has 0 fully saturated rings. The van der Waals surface area contributed by atoms with Crippen molar-refractivity contribution in [1.29, 1.82) is 0 Å². The van der Waals surface area contributed by atoms with E-state index in [4.69, 9.17) is 4.74 Å². The molecule has 0 spiro atoms. The third-order valence-electron chi connectivity index (χ3n) is 2.46. The van der Waals surface area contributed by atoms with E-state index < -0.39 is 11.7 Å². The van der Waals surface area contributed by atoms with Crippen LogP contribution in [-0.4, -0.2) is 18.5 Å². The highest BCUT2D eigenvalue weighted by atomic mass is 79.9. The van der Waals surface area contributed by atoms with E-state index in [1.165, 1.54) is 12.1 Å². The maximum absolute atomic E-state index is 12.4. The van der Waals surface area contributed by atoms with Crippen molar-refractivity contribution in [3.63, 3.8) is 0 Å². The Kier molecular flexibility index (Phi) is 3.47. The zero-order valence-corrected chi connectivity index (χ0v) is 10.8. The molecule has 1 aliphatic heterocycles. The minimum Gasteiger partial charge on any atom is -0.467 e. The Balaban J connectivity index is 2.15. The lowest BCUT2D eigenvalue weighted by atomic mass is 10.1. The van der Waals surface area contributed by atoms with Crippen molar-refractivity contribution < 1.29 is 17.9 Å². The SMILES string of the molecule is C=C(Br)C1CN=C(c2ccc(C(F)(F)F)cc2)O1. The predicted octanol–water partition coefficient (Wildman–Crippen LogP) is 3.76. The molecule has 1 atom stereocenters. The van der Waals surface area contributed by atoms with Gasteiger partial charge in [0.2, 0.25) is 5.90 Å². The number of benzene rings is 1. The summed E-state index contributed by atoms with van der Waals surface area (Å²) in [5.74, 6) is 0.342. The predicted molar refractivity (Wildman–Crippen MR) is 65.8 cm³/mol. The lowest BCUT2D eigenvalue weighted by Crippen LogP contribution is -2.13. The van der Waals surface area contributed by atoms with Gasteiger partial charge in [0.15, 0.2) is 6.10 Å². The van der Waals surface area contributed by atoms with Crippen LogP contribution in [0.4, 0.5) is 13.2 Å². The normalized spacial score (nSPS) is 19.3. The van der Waals surface area contributed by atoms with Gasteiger partial charge in [-0.05, 0) is 24.3 Å². The van der Waals surface area contributed by atoms with Gasteiger partial charge in [-0.1, -0.05) is 22.5 Å². The summed E-state index contributed by atoms with van der Waals surface area (Å²) >= 11 is 3.20. The molecule has 0 aliphatic carbocycles. The van der Waals surface area contributed by atoms with Gasteiger partial charge in [0, 0.05) is 10.0 Å². The molecule has 18 heavy (non-hydrogen) atoms. The van der Waals surface area contributed by atoms with Gasteiger partial charge in [-0.25, -0.2) is 4.99 Å². The number of hydrogen-bond donors (Lipinski definition) is 0. The summed E-state index contributed by atoms with van der Waals surface area (Å²) in [4.78, 5) is 4.12. The van der Waals surface area contributed by atoms with Gasteiger partial charge < -0.3 is 4.74 Å². The number of alkyl halides is 3. The van der Waals surface area contributed by atoms with Crippen LogP contribution in [0.15, 0.2) is 40.3 Å². The fraction of sp³-hybridized carbons (Fsp3) is 0.250. The second-order valence-electron chi connectivity index (χ2n) is 3.77. The molecule has 2 nitrogen and oxygen atoms in total. The van der Waals surface area contributed by atoms with E-state index in [9.17, 15) is 13.2 Å². The summed E-state index contributed by atoms with van der Waals surface area (Å²) < 4.78 is 43.3. The molecule has 1 aromatic carbocycles.